The monoisotopic (exact) mass is 565 g/mol. The average Bonchev–Trinajstić information content (AvgIpc) is 3.08. The summed E-state index contributed by atoms with van der Waals surface area (Å²) >= 11 is 0. The Balaban J connectivity index is 1.22. The van der Waals surface area contributed by atoms with Crippen molar-refractivity contribution in [2.75, 3.05) is 5.32 Å². The second-order valence-electron chi connectivity index (χ2n) is 12.1. The molecule has 6 heteroatoms. The van der Waals surface area contributed by atoms with Gasteiger partial charge in [0.05, 0.1) is 6.42 Å². The molecule has 0 radical (unpaired) electrons. The van der Waals surface area contributed by atoms with Crippen LogP contribution in [0.25, 0.3) is 0 Å². The molecule has 1 fully saturated rings. The molecule has 0 bridgehead atoms. The first-order chi connectivity index (χ1) is 20.2. The van der Waals surface area contributed by atoms with Gasteiger partial charge in [-0.2, -0.15) is 0 Å². The summed E-state index contributed by atoms with van der Waals surface area (Å²) < 4.78 is 5.89. The molecule has 218 valence electrons. The number of ether oxygens (including phenoxy) is 1. The van der Waals surface area contributed by atoms with E-state index in [9.17, 15) is 19.2 Å². The lowest BCUT2D eigenvalue weighted by Crippen LogP contribution is -2.35. The van der Waals surface area contributed by atoms with Gasteiger partial charge < -0.3 is 10.1 Å². The molecule has 6 nitrogen and oxygen atoms in total. The lowest BCUT2D eigenvalue weighted by Gasteiger charge is -2.33. The Morgan fingerprint density at radius 3 is 2.48 bits per heavy atom. The highest BCUT2D eigenvalue weighted by atomic mass is 16.5. The van der Waals surface area contributed by atoms with Crippen molar-refractivity contribution in [1.82, 2.24) is 0 Å². The molecule has 0 heterocycles. The predicted octanol–water partition coefficient (Wildman–Crippen LogP) is 6.65. The molecule has 0 spiro atoms. The largest absolute Gasteiger partial charge is 0.489 e. The molecule has 1 N–H and O–H groups in total. The van der Waals surface area contributed by atoms with Crippen LogP contribution in [0, 0.1) is 29.6 Å². The minimum absolute atomic E-state index is 0.00140. The van der Waals surface area contributed by atoms with E-state index in [0.717, 1.165) is 16.7 Å². The fourth-order valence-electron chi connectivity index (χ4n) is 6.45. The maximum absolute atomic E-state index is 13.3. The zero-order valence-electron chi connectivity index (χ0n) is 24.6. The normalized spacial score (nSPS) is 23.1. The minimum atomic E-state index is -0.291. The van der Waals surface area contributed by atoms with Gasteiger partial charge in [0.2, 0.25) is 5.91 Å². The third-order valence-corrected chi connectivity index (χ3v) is 9.28. The number of hydrogen-bond donors (Lipinski definition) is 1. The van der Waals surface area contributed by atoms with E-state index >= 15 is 0 Å². The molecule has 5 atom stereocenters. The quantitative estimate of drug-likeness (QED) is 0.309. The Kier molecular flexibility index (Phi) is 9.00. The van der Waals surface area contributed by atoms with Crippen molar-refractivity contribution in [1.29, 1.82) is 0 Å². The summed E-state index contributed by atoms with van der Waals surface area (Å²) in [5.74, 6) is 0.176. The number of hydrogen-bond acceptors (Lipinski definition) is 5. The van der Waals surface area contributed by atoms with Gasteiger partial charge in [-0.1, -0.05) is 75.4 Å². The number of amides is 1. The second-order valence-corrected chi connectivity index (χ2v) is 12.1. The number of carbonyl (C=O) groups excluding carboxylic acids is 4. The fourth-order valence-corrected chi connectivity index (χ4v) is 6.45. The molecule has 3 aromatic carbocycles. The Labute approximate surface area is 247 Å². The Morgan fingerprint density at radius 2 is 1.69 bits per heavy atom. The average molecular weight is 566 g/mol. The number of benzene rings is 3. The van der Waals surface area contributed by atoms with Crippen LogP contribution in [0.15, 0.2) is 72.8 Å². The Bertz CT molecular complexity index is 1480. The van der Waals surface area contributed by atoms with E-state index in [-0.39, 0.29) is 59.3 Å². The third-order valence-electron chi connectivity index (χ3n) is 9.28. The Hall–Kier alpha value is -4.06. The van der Waals surface area contributed by atoms with E-state index in [0.29, 0.717) is 49.3 Å². The fraction of sp³-hybridized carbons (Fsp3) is 0.389. The van der Waals surface area contributed by atoms with Crippen molar-refractivity contribution in [3.05, 3.63) is 95.1 Å². The van der Waals surface area contributed by atoms with Crippen LogP contribution < -0.4 is 10.1 Å². The van der Waals surface area contributed by atoms with Crippen molar-refractivity contribution in [2.24, 2.45) is 29.6 Å². The maximum atomic E-state index is 13.3. The number of anilines is 1. The molecule has 2 aliphatic carbocycles. The summed E-state index contributed by atoms with van der Waals surface area (Å²) in [6, 6.07) is 22.9. The molecule has 1 amide bonds. The van der Waals surface area contributed by atoms with E-state index in [2.05, 4.69) is 12.2 Å². The molecular weight excluding hydrogens is 526 g/mol. The topological polar surface area (TPSA) is 89.5 Å². The van der Waals surface area contributed by atoms with Crippen LogP contribution in [0.5, 0.6) is 5.75 Å². The lowest BCUT2D eigenvalue weighted by molar-refractivity contribution is -0.132. The summed E-state index contributed by atoms with van der Waals surface area (Å²) in [6.45, 7) is 6.22. The molecule has 5 unspecified atom stereocenters. The molecule has 0 aliphatic heterocycles. The highest BCUT2D eigenvalue weighted by molar-refractivity contribution is 5.99. The molecule has 0 aromatic heterocycles. The number of nitrogens with one attached hydrogen (secondary N) is 1. The van der Waals surface area contributed by atoms with Gasteiger partial charge in [0, 0.05) is 47.9 Å². The highest BCUT2D eigenvalue weighted by Gasteiger charge is 2.41. The van der Waals surface area contributed by atoms with Crippen molar-refractivity contribution in [3.63, 3.8) is 0 Å². The first kappa shape index (κ1) is 29.4. The van der Waals surface area contributed by atoms with Crippen LogP contribution in [-0.2, 0) is 33.8 Å². The summed E-state index contributed by atoms with van der Waals surface area (Å²) in [6.07, 6.45) is 2.24. The van der Waals surface area contributed by atoms with Gasteiger partial charge in [-0.15, -0.1) is 0 Å². The van der Waals surface area contributed by atoms with Gasteiger partial charge in [-0.3, -0.25) is 19.2 Å². The maximum Gasteiger partial charge on any atom is 0.228 e. The van der Waals surface area contributed by atoms with Crippen molar-refractivity contribution in [3.8, 4) is 5.75 Å². The van der Waals surface area contributed by atoms with Gasteiger partial charge in [0.1, 0.15) is 23.9 Å². The molecule has 42 heavy (non-hydrogen) atoms. The van der Waals surface area contributed by atoms with Gasteiger partial charge in [0.15, 0.2) is 5.78 Å². The number of rotatable bonds is 8. The van der Waals surface area contributed by atoms with E-state index < -0.39 is 0 Å². The predicted molar refractivity (Wildman–Crippen MR) is 162 cm³/mol. The van der Waals surface area contributed by atoms with Crippen LogP contribution in [0.4, 0.5) is 5.69 Å². The lowest BCUT2D eigenvalue weighted by atomic mass is 9.69. The standard InChI is InChI=1S/C36H39NO5/c1-22-23(2)36(41)31(14-15-33(22)38)24(3)27-18-28-16-26(12-13-32(28)34(39)19-27)17-35(40)37-29-10-7-11-30(20-29)42-21-25-8-5-4-6-9-25/h4-13,16,20,22-24,27,31H,14-15,17-19,21H2,1-3H3,(H,37,40). The number of fused-ring (bicyclic) bond motifs is 1. The molecule has 3 aromatic rings. The first-order valence-corrected chi connectivity index (χ1v) is 15.0. The van der Waals surface area contributed by atoms with Gasteiger partial charge >= 0.3 is 0 Å². The molecular formula is C36H39NO5. The summed E-state index contributed by atoms with van der Waals surface area (Å²) in [5, 5.41) is 2.96. The van der Waals surface area contributed by atoms with Crippen LogP contribution in [0.1, 0.15) is 67.1 Å². The SMILES string of the molecule is CC1C(=O)CCC(C(C)C2CC(=O)c3ccc(CC(=O)Nc4cccc(OCc5ccccc5)c4)cc3C2)C(=O)C1C. The van der Waals surface area contributed by atoms with Crippen molar-refractivity contribution in [2.45, 2.75) is 59.5 Å². The van der Waals surface area contributed by atoms with Gasteiger partial charge in [-0.25, -0.2) is 0 Å². The summed E-state index contributed by atoms with van der Waals surface area (Å²) in [7, 11) is 0. The zero-order valence-corrected chi connectivity index (χ0v) is 24.6. The van der Waals surface area contributed by atoms with Gasteiger partial charge in [0.25, 0.3) is 0 Å². The number of Topliss-reactive ketones (excluding diaryl/α,β-unsaturated/α-hetero) is 3. The Morgan fingerprint density at radius 1 is 0.905 bits per heavy atom. The van der Waals surface area contributed by atoms with E-state index in [1.165, 1.54) is 0 Å². The van der Waals surface area contributed by atoms with Crippen LogP contribution in [0.2, 0.25) is 0 Å². The van der Waals surface area contributed by atoms with Crippen molar-refractivity contribution >= 4 is 28.9 Å². The van der Waals surface area contributed by atoms with E-state index in [4.69, 9.17) is 4.74 Å². The van der Waals surface area contributed by atoms with Crippen LogP contribution in [0.3, 0.4) is 0 Å². The third kappa shape index (κ3) is 6.70. The minimum Gasteiger partial charge on any atom is -0.489 e. The van der Waals surface area contributed by atoms with Crippen LogP contribution >= 0.6 is 0 Å². The van der Waals surface area contributed by atoms with Gasteiger partial charge in [-0.05, 0) is 53.5 Å². The van der Waals surface area contributed by atoms with Crippen molar-refractivity contribution < 1.29 is 23.9 Å². The number of ketones is 3. The second kappa shape index (κ2) is 12.8. The summed E-state index contributed by atoms with van der Waals surface area (Å²) in [5.41, 5.74) is 4.19. The molecule has 2 aliphatic rings. The molecule has 0 saturated heterocycles. The highest BCUT2D eigenvalue weighted by Crippen LogP contribution is 2.39. The van der Waals surface area contributed by atoms with Crippen LogP contribution in [-0.4, -0.2) is 23.3 Å². The zero-order chi connectivity index (χ0) is 29.8. The van der Waals surface area contributed by atoms with E-state index in [1.54, 1.807) is 0 Å². The smallest absolute Gasteiger partial charge is 0.228 e. The number of carbonyl (C=O) groups is 4. The summed E-state index contributed by atoms with van der Waals surface area (Å²) in [4.78, 5) is 51.8. The first-order valence-electron chi connectivity index (χ1n) is 15.0. The van der Waals surface area contributed by atoms with E-state index in [1.807, 2.05) is 86.6 Å². The molecule has 1 saturated carbocycles. The molecule has 5 rings (SSSR count).